The lowest BCUT2D eigenvalue weighted by Crippen LogP contribution is -2.27. The predicted molar refractivity (Wildman–Crippen MR) is 106 cm³/mol. The highest BCUT2D eigenvalue weighted by Crippen LogP contribution is 2.34. The van der Waals surface area contributed by atoms with Gasteiger partial charge in [-0.1, -0.05) is 72.0 Å². The first-order valence-electron chi connectivity index (χ1n) is 7.83. The molecule has 0 unspecified atom stereocenters. The fourth-order valence-corrected chi connectivity index (χ4v) is 4.19. The van der Waals surface area contributed by atoms with Gasteiger partial charge in [-0.25, -0.2) is 0 Å². The van der Waals surface area contributed by atoms with Gasteiger partial charge in [0.1, 0.15) is 4.32 Å². The van der Waals surface area contributed by atoms with Crippen molar-refractivity contribution in [1.82, 2.24) is 4.90 Å². The van der Waals surface area contributed by atoms with Crippen LogP contribution in [0.3, 0.4) is 0 Å². The van der Waals surface area contributed by atoms with Gasteiger partial charge in [0, 0.05) is 0 Å². The van der Waals surface area contributed by atoms with Gasteiger partial charge in [-0.2, -0.15) is 0 Å². The second-order valence-electron chi connectivity index (χ2n) is 6.07. The van der Waals surface area contributed by atoms with E-state index < -0.39 is 0 Å². The van der Waals surface area contributed by atoms with Crippen molar-refractivity contribution in [3.63, 3.8) is 0 Å². The first kappa shape index (κ1) is 16.9. The van der Waals surface area contributed by atoms with E-state index in [9.17, 15) is 4.79 Å². The second-order valence-corrected chi connectivity index (χ2v) is 7.74. The van der Waals surface area contributed by atoms with E-state index >= 15 is 0 Å². The zero-order valence-electron chi connectivity index (χ0n) is 14.0. The Bertz CT molecular complexity index is 817. The van der Waals surface area contributed by atoms with E-state index in [0.717, 1.165) is 11.1 Å². The van der Waals surface area contributed by atoms with Crippen molar-refractivity contribution in [3.8, 4) is 0 Å². The summed E-state index contributed by atoms with van der Waals surface area (Å²) in [4.78, 5) is 15.1. The monoisotopic (exact) mass is 353 g/mol. The highest BCUT2D eigenvalue weighted by molar-refractivity contribution is 8.26. The van der Waals surface area contributed by atoms with Gasteiger partial charge >= 0.3 is 0 Å². The molecule has 0 atom stereocenters. The summed E-state index contributed by atoms with van der Waals surface area (Å²) in [7, 11) is 0. The van der Waals surface area contributed by atoms with Crippen molar-refractivity contribution in [2.24, 2.45) is 0 Å². The molecule has 1 heterocycles. The van der Waals surface area contributed by atoms with Crippen LogP contribution in [-0.2, 0) is 11.3 Å². The molecule has 0 N–H and O–H groups in total. The third-order valence-corrected chi connectivity index (χ3v) is 5.45. The Morgan fingerprint density at radius 2 is 1.71 bits per heavy atom. The van der Waals surface area contributed by atoms with E-state index in [1.165, 1.54) is 28.5 Å². The maximum atomic E-state index is 12.8. The number of thiocarbonyl (C=S) groups is 1. The van der Waals surface area contributed by atoms with Crippen LogP contribution in [0, 0.1) is 20.8 Å². The third kappa shape index (κ3) is 3.45. The summed E-state index contributed by atoms with van der Waals surface area (Å²) in [5.74, 6) is -0.00627. The Labute approximate surface area is 152 Å². The maximum Gasteiger partial charge on any atom is 0.266 e. The molecule has 1 saturated heterocycles. The fourth-order valence-electron chi connectivity index (χ4n) is 2.95. The predicted octanol–water partition coefficient (Wildman–Crippen LogP) is 5.01. The van der Waals surface area contributed by atoms with Gasteiger partial charge in [0.25, 0.3) is 5.91 Å². The Morgan fingerprint density at radius 3 is 2.33 bits per heavy atom. The molecule has 1 fully saturated rings. The summed E-state index contributed by atoms with van der Waals surface area (Å²) in [5, 5.41) is 0. The van der Waals surface area contributed by atoms with E-state index in [-0.39, 0.29) is 5.91 Å². The van der Waals surface area contributed by atoms with Crippen LogP contribution < -0.4 is 0 Å². The molecule has 2 aromatic rings. The summed E-state index contributed by atoms with van der Waals surface area (Å²) in [6.07, 6.45) is 1.98. The van der Waals surface area contributed by atoms with Crippen molar-refractivity contribution in [1.29, 1.82) is 0 Å². The Morgan fingerprint density at radius 1 is 1.08 bits per heavy atom. The quantitative estimate of drug-likeness (QED) is 0.571. The van der Waals surface area contributed by atoms with E-state index in [0.29, 0.717) is 15.8 Å². The molecular formula is C20H19NOS2. The summed E-state index contributed by atoms with van der Waals surface area (Å²) in [5.41, 5.74) is 5.79. The van der Waals surface area contributed by atoms with E-state index in [1.807, 2.05) is 36.4 Å². The van der Waals surface area contributed by atoms with Crippen LogP contribution in [0.15, 0.2) is 47.4 Å². The Kier molecular flexibility index (Phi) is 4.88. The lowest BCUT2D eigenvalue weighted by Gasteiger charge is -2.14. The largest absolute Gasteiger partial charge is 0.288 e. The van der Waals surface area contributed by atoms with Crippen molar-refractivity contribution in [2.75, 3.05) is 0 Å². The number of hydrogen-bond acceptors (Lipinski definition) is 3. The molecular weight excluding hydrogens is 334 g/mol. The van der Waals surface area contributed by atoms with Gasteiger partial charge in [-0.15, -0.1) is 0 Å². The second kappa shape index (κ2) is 6.91. The van der Waals surface area contributed by atoms with Gasteiger partial charge < -0.3 is 0 Å². The topological polar surface area (TPSA) is 20.3 Å². The number of benzene rings is 2. The minimum Gasteiger partial charge on any atom is -0.288 e. The molecule has 1 amide bonds. The molecule has 24 heavy (non-hydrogen) atoms. The van der Waals surface area contributed by atoms with Crippen molar-refractivity contribution in [3.05, 3.63) is 75.2 Å². The smallest absolute Gasteiger partial charge is 0.266 e. The summed E-state index contributed by atoms with van der Waals surface area (Å²) in [6.45, 7) is 6.77. The summed E-state index contributed by atoms with van der Waals surface area (Å²) >= 11 is 6.81. The zero-order chi connectivity index (χ0) is 17.3. The summed E-state index contributed by atoms with van der Waals surface area (Å²) < 4.78 is 0.623. The fraction of sp³-hybridized carbons (Fsp3) is 0.200. The molecule has 0 bridgehead atoms. The van der Waals surface area contributed by atoms with E-state index in [4.69, 9.17) is 12.2 Å². The average molecular weight is 354 g/mol. The number of thioether (sulfide) groups is 1. The van der Waals surface area contributed by atoms with Crippen LogP contribution in [-0.4, -0.2) is 15.1 Å². The molecule has 0 spiro atoms. The summed E-state index contributed by atoms with van der Waals surface area (Å²) in [6, 6.07) is 14.2. The molecule has 0 aliphatic carbocycles. The van der Waals surface area contributed by atoms with Crippen LogP contribution in [0.25, 0.3) is 6.08 Å². The third-order valence-electron chi connectivity index (χ3n) is 4.07. The normalized spacial score (nSPS) is 16.3. The first-order chi connectivity index (χ1) is 11.5. The molecule has 1 aliphatic rings. The number of hydrogen-bond donors (Lipinski definition) is 0. The van der Waals surface area contributed by atoms with Crippen LogP contribution in [0.5, 0.6) is 0 Å². The standard InChI is InChI=1S/C20H19NOS2/c1-13-9-14(2)17(15(3)10-13)11-18-19(22)21(20(23)24-18)12-16-7-5-4-6-8-16/h4-11H,12H2,1-3H3/b18-11-. The molecule has 4 heteroatoms. The molecule has 0 saturated carbocycles. The molecule has 0 aromatic heterocycles. The van der Waals surface area contributed by atoms with Crippen molar-refractivity contribution < 1.29 is 4.79 Å². The molecule has 2 nitrogen and oxygen atoms in total. The van der Waals surface area contributed by atoms with E-state index in [2.05, 4.69) is 32.9 Å². The van der Waals surface area contributed by atoms with E-state index in [1.54, 1.807) is 4.90 Å². The first-order valence-corrected chi connectivity index (χ1v) is 9.05. The highest BCUT2D eigenvalue weighted by atomic mass is 32.2. The number of amides is 1. The average Bonchev–Trinajstić information content (AvgIpc) is 2.79. The molecule has 122 valence electrons. The van der Waals surface area contributed by atoms with Gasteiger partial charge in [-0.05, 0) is 49.1 Å². The van der Waals surface area contributed by atoms with Gasteiger partial charge in [0.2, 0.25) is 0 Å². The molecule has 2 aromatic carbocycles. The number of aryl methyl sites for hydroxylation is 3. The van der Waals surface area contributed by atoms with Crippen molar-refractivity contribution >= 4 is 40.3 Å². The molecule has 1 aliphatic heterocycles. The number of carbonyl (C=O) groups is 1. The minimum absolute atomic E-state index is 0.00627. The van der Waals surface area contributed by atoms with Crippen LogP contribution in [0.2, 0.25) is 0 Å². The minimum atomic E-state index is -0.00627. The Hall–Kier alpha value is -1.91. The number of rotatable bonds is 3. The van der Waals surface area contributed by atoms with Crippen LogP contribution in [0.4, 0.5) is 0 Å². The maximum absolute atomic E-state index is 12.8. The Balaban J connectivity index is 1.89. The molecule has 0 radical (unpaired) electrons. The van der Waals surface area contributed by atoms with Gasteiger partial charge in [0.05, 0.1) is 11.4 Å². The molecule has 3 rings (SSSR count). The zero-order valence-corrected chi connectivity index (χ0v) is 15.6. The van der Waals surface area contributed by atoms with Gasteiger partial charge in [-0.3, -0.25) is 9.69 Å². The number of nitrogens with zero attached hydrogens (tertiary/aromatic N) is 1. The van der Waals surface area contributed by atoms with Crippen LogP contribution in [0.1, 0.15) is 27.8 Å². The highest BCUT2D eigenvalue weighted by Gasteiger charge is 2.32. The lowest BCUT2D eigenvalue weighted by atomic mass is 9.99. The van der Waals surface area contributed by atoms with Crippen LogP contribution >= 0.6 is 24.0 Å². The lowest BCUT2D eigenvalue weighted by molar-refractivity contribution is -0.122. The van der Waals surface area contributed by atoms with Crippen molar-refractivity contribution in [2.45, 2.75) is 27.3 Å². The van der Waals surface area contributed by atoms with Gasteiger partial charge in [0.15, 0.2) is 0 Å². The number of carbonyl (C=O) groups excluding carboxylic acids is 1. The SMILES string of the molecule is Cc1cc(C)c(/C=C2\SC(=S)N(Cc3ccccc3)C2=O)c(C)c1.